The maximum atomic E-state index is 12.5. The minimum atomic E-state index is -4.42. The molecule has 1 aromatic carbocycles. The van der Waals surface area contributed by atoms with Gasteiger partial charge in [-0.3, -0.25) is 4.79 Å². The zero-order valence-electron chi connectivity index (χ0n) is 14.9. The zero-order valence-corrected chi connectivity index (χ0v) is 15.7. The molecule has 1 N–H and O–H groups in total. The van der Waals surface area contributed by atoms with E-state index < -0.39 is 11.7 Å². The van der Waals surface area contributed by atoms with Gasteiger partial charge in [-0.15, -0.1) is 0 Å². The Morgan fingerprint density at radius 2 is 1.89 bits per heavy atom. The lowest BCUT2D eigenvalue weighted by Gasteiger charge is -2.09. The number of aromatic nitrogens is 3. The van der Waals surface area contributed by atoms with Crippen LogP contribution in [0.5, 0.6) is 0 Å². The van der Waals surface area contributed by atoms with Gasteiger partial charge >= 0.3 is 6.18 Å². The fourth-order valence-corrected chi connectivity index (χ4v) is 3.07. The molecule has 3 aromatic rings. The summed E-state index contributed by atoms with van der Waals surface area (Å²) in [7, 11) is 0. The van der Waals surface area contributed by atoms with E-state index in [1.807, 2.05) is 29.8 Å². The van der Waals surface area contributed by atoms with Gasteiger partial charge in [0.25, 0.3) is 0 Å². The number of nitrogens with zero attached hydrogens (tertiary/aromatic N) is 3. The third-order valence-corrected chi connectivity index (χ3v) is 4.87. The monoisotopic (exact) mass is 406 g/mol. The van der Waals surface area contributed by atoms with Crippen LogP contribution < -0.4 is 5.32 Å². The third-order valence-electron chi connectivity index (χ3n) is 3.93. The van der Waals surface area contributed by atoms with Gasteiger partial charge in [-0.2, -0.15) is 13.2 Å². The zero-order chi connectivity index (χ0) is 20.1. The van der Waals surface area contributed by atoms with Crippen molar-refractivity contribution >= 4 is 23.4 Å². The first-order valence-electron chi connectivity index (χ1n) is 8.34. The second kappa shape index (κ2) is 8.47. The predicted molar refractivity (Wildman–Crippen MR) is 101 cm³/mol. The van der Waals surface area contributed by atoms with Crippen LogP contribution in [0.25, 0.3) is 0 Å². The highest BCUT2D eigenvalue weighted by Gasteiger charge is 2.30. The molecule has 5 nitrogen and oxygen atoms in total. The minimum absolute atomic E-state index is 0.0499. The number of anilines is 1. The molecule has 0 saturated heterocycles. The summed E-state index contributed by atoms with van der Waals surface area (Å²) < 4.78 is 39.6. The molecule has 0 bridgehead atoms. The van der Waals surface area contributed by atoms with Gasteiger partial charge in [0.15, 0.2) is 0 Å². The summed E-state index contributed by atoms with van der Waals surface area (Å²) in [4.78, 5) is 20.0. The van der Waals surface area contributed by atoms with Crippen molar-refractivity contribution in [2.24, 2.45) is 0 Å². The third kappa shape index (κ3) is 5.35. The quantitative estimate of drug-likeness (QED) is 0.617. The molecule has 0 saturated carbocycles. The van der Waals surface area contributed by atoms with E-state index in [0.29, 0.717) is 17.3 Å². The van der Waals surface area contributed by atoms with E-state index in [1.54, 1.807) is 18.3 Å². The van der Waals surface area contributed by atoms with E-state index in [-0.39, 0.29) is 11.7 Å². The van der Waals surface area contributed by atoms with Crippen molar-refractivity contribution in [1.82, 2.24) is 14.5 Å². The van der Waals surface area contributed by atoms with Gasteiger partial charge in [0.2, 0.25) is 5.91 Å². The molecule has 0 aliphatic rings. The fraction of sp³-hybridized carbons (Fsp3) is 0.211. The smallest absolute Gasteiger partial charge is 0.331 e. The number of rotatable bonds is 6. The van der Waals surface area contributed by atoms with E-state index in [2.05, 4.69) is 15.3 Å². The Hall–Kier alpha value is -2.81. The Bertz CT molecular complexity index is 937. The van der Waals surface area contributed by atoms with Crippen LogP contribution in [0.3, 0.4) is 0 Å². The van der Waals surface area contributed by atoms with E-state index in [0.717, 1.165) is 35.4 Å². The summed E-state index contributed by atoms with van der Waals surface area (Å²) in [6, 6.07) is 9.65. The van der Waals surface area contributed by atoms with Crippen molar-refractivity contribution < 1.29 is 18.0 Å². The van der Waals surface area contributed by atoms with Crippen LogP contribution in [-0.2, 0) is 17.5 Å². The standard InChI is InChI=1S/C19H17F3N4OS/c1-13-23-8-9-26(13)11-14-2-5-16(6-3-14)25-17(27)12-28-18-7-4-15(10-24-18)19(20,21)22/h2-10H,11-12H2,1H3,(H,25,27). The summed E-state index contributed by atoms with van der Waals surface area (Å²) in [5.41, 5.74) is 0.909. The predicted octanol–water partition coefficient (Wildman–Crippen LogP) is 4.38. The number of benzene rings is 1. The minimum Gasteiger partial charge on any atom is -0.331 e. The molecule has 28 heavy (non-hydrogen) atoms. The van der Waals surface area contributed by atoms with Gasteiger partial charge in [-0.1, -0.05) is 23.9 Å². The van der Waals surface area contributed by atoms with Crippen molar-refractivity contribution in [3.8, 4) is 0 Å². The van der Waals surface area contributed by atoms with Crippen LogP contribution in [0, 0.1) is 6.92 Å². The first-order chi connectivity index (χ1) is 13.3. The number of hydrogen-bond donors (Lipinski definition) is 1. The summed E-state index contributed by atoms with van der Waals surface area (Å²) in [6.45, 7) is 2.62. The SMILES string of the molecule is Cc1nccn1Cc1ccc(NC(=O)CSc2ccc(C(F)(F)F)cn2)cc1. The van der Waals surface area contributed by atoms with E-state index in [9.17, 15) is 18.0 Å². The summed E-state index contributed by atoms with van der Waals surface area (Å²) in [6.07, 6.45) is -0.0120. The first kappa shape index (κ1) is 19.9. The lowest BCUT2D eigenvalue weighted by atomic mass is 10.2. The van der Waals surface area contributed by atoms with Crippen molar-refractivity contribution in [2.45, 2.75) is 24.7 Å². The van der Waals surface area contributed by atoms with Crippen molar-refractivity contribution in [1.29, 1.82) is 0 Å². The molecule has 3 rings (SSSR count). The highest BCUT2D eigenvalue weighted by molar-refractivity contribution is 7.99. The molecule has 0 aliphatic carbocycles. The Morgan fingerprint density at radius 3 is 2.46 bits per heavy atom. The Morgan fingerprint density at radius 1 is 1.14 bits per heavy atom. The van der Waals surface area contributed by atoms with E-state index >= 15 is 0 Å². The number of thioether (sulfide) groups is 1. The lowest BCUT2D eigenvalue weighted by molar-refractivity contribution is -0.137. The number of hydrogen-bond acceptors (Lipinski definition) is 4. The number of imidazole rings is 1. The summed E-state index contributed by atoms with van der Waals surface area (Å²) in [5.74, 6) is 0.713. The van der Waals surface area contributed by atoms with Crippen LogP contribution in [0.1, 0.15) is 17.0 Å². The summed E-state index contributed by atoms with van der Waals surface area (Å²) in [5, 5.41) is 3.11. The maximum Gasteiger partial charge on any atom is 0.417 e. The molecule has 2 heterocycles. The Balaban J connectivity index is 1.50. The molecule has 1 amide bonds. The largest absolute Gasteiger partial charge is 0.417 e. The number of carbonyl (C=O) groups is 1. The van der Waals surface area contributed by atoms with Crippen LogP contribution in [0.4, 0.5) is 18.9 Å². The second-order valence-electron chi connectivity index (χ2n) is 6.02. The van der Waals surface area contributed by atoms with E-state index in [4.69, 9.17) is 0 Å². The first-order valence-corrected chi connectivity index (χ1v) is 9.32. The van der Waals surface area contributed by atoms with Crippen molar-refractivity contribution in [3.63, 3.8) is 0 Å². The molecular weight excluding hydrogens is 389 g/mol. The van der Waals surface area contributed by atoms with Gasteiger partial charge in [0.1, 0.15) is 5.82 Å². The number of aryl methyl sites for hydroxylation is 1. The van der Waals surface area contributed by atoms with Gasteiger partial charge in [0.05, 0.1) is 16.3 Å². The average molecular weight is 406 g/mol. The van der Waals surface area contributed by atoms with Gasteiger partial charge in [-0.05, 0) is 36.8 Å². The number of halogens is 3. The summed E-state index contributed by atoms with van der Waals surface area (Å²) >= 11 is 1.07. The normalized spacial score (nSPS) is 11.4. The number of pyridine rings is 1. The van der Waals surface area contributed by atoms with Crippen LogP contribution in [0.15, 0.2) is 60.0 Å². The molecule has 0 spiro atoms. The molecule has 0 radical (unpaired) electrons. The number of carbonyl (C=O) groups excluding carboxylic acids is 1. The maximum absolute atomic E-state index is 12.5. The second-order valence-corrected chi connectivity index (χ2v) is 7.01. The number of amides is 1. The molecule has 146 valence electrons. The van der Waals surface area contributed by atoms with Gasteiger partial charge in [0, 0.05) is 30.8 Å². The average Bonchev–Trinajstić information content (AvgIpc) is 3.06. The molecule has 2 aromatic heterocycles. The van der Waals surface area contributed by atoms with Crippen LogP contribution in [0.2, 0.25) is 0 Å². The molecule has 9 heteroatoms. The lowest BCUT2D eigenvalue weighted by Crippen LogP contribution is -2.14. The molecule has 0 fully saturated rings. The van der Waals surface area contributed by atoms with Gasteiger partial charge < -0.3 is 9.88 Å². The topological polar surface area (TPSA) is 59.8 Å². The highest BCUT2D eigenvalue weighted by Crippen LogP contribution is 2.29. The molecular formula is C19H17F3N4OS. The Kier molecular flexibility index (Phi) is 6.03. The molecule has 0 aliphatic heterocycles. The highest BCUT2D eigenvalue weighted by atomic mass is 32.2. The van der Waals surface area contributed by atoms with E-state index in [1.165, 1.54) is 6.07 Å². The van der Waals surface area contributed by atoms with Crippen molar-refractivity contribution in [2.75, 3.05) is 11.1 Å². The fourth-order valence-electron chi connectivity index (χ4n) is 2.43. The van der Waals surface area contributed by atoms with Gasteiger partial charge in [-0.25, -0.2) is 9.97 Å². The number of alkyl halides is 3. The van der Waals surface area contributed by atoms with Crippen molar-refractivity contribution in [3.05, 3.63) is 71.9 Å². The molecule has 0 unspecified atom stereocenters. The molecule has 0 atom stereocenters. The van der Waals surface area contributed by atoms with Crippen LogP contribution >= 0.6 is 11.8 Å². The Labute approximate surface area is 164 Å². The number of nitrogens with one attached hydrogen (secondary N) is 1. The van der Waals surface area contributed by atoms with Crippen LogP contribution in [-0.4, -0.2) is 26.2 Å².